The molecule has 2 aromatic carbocycles. The van der Waals surface area contributed by atoms with Crippen LogP contribution in [0.4, 0.5) is 4.39 Å². The molecule has 1 amide bonds. The molecule has 0 bridgehead atoms. The average molecular weight is 455 g/mol. The normalized spacial score (nSPS) is 14.7. The number of hydrogen-bond donors (Lipinski definition) is 1. The van der Waals surface area contributed by atoms with Crippen LogP contribution < -0.4 is 4.74 Å². The van der Waals surface area contributed by atoms with Crippen molar-refractivity contribution in [2.45, 2.75) is 19.4 Å². The van der Waals surface area contributed by atoms with Crippen LogP contribution in [0.3, 0.4) is 0 Å². The molecule has 1 atom stereocenters. The van der Waals surface area contributed by atoms with Crippen LogP contribution in [-0.2, 0) is 9.59 Å². The van der Waals surface area contributed by atoms with Crippen molar-refractivity contribution in [2.24, 2.45) is 0 Å². The first-order chi connectivity index (χ1) is 15.3. The number of rotatable bonds is 5. The molecule has 6 nitrogen and oxygen atoms in total. The number of carbonyl (C=O) groups excluding carboxylic acids is 1. The number of aliphatic carboxylic acids is 1. The Morgan fingerprint density at radius 1 is 1.19 bits per heavy atom. The number of pyridine rings is 1. The molecule has 0 aliphatic carbocycles. The van der Waals surface area contributed by atoms with Crippen LogP contribution in [0.5, 0.6) is 5.75 Å². The third kappa shape index (κ3) is 4.43. The van der Waals surface area contributed by atoms with Gasteiger partial charge in [0.2, 0.25) is 0 Å². The van der Waals surface area contributed by atoms with Crippen molar-refractivity contribution < 1.29 is 23.8 Å². The van der Waals surface area contributed by atoms with Gasteiger partial charge in [0.15, 0.2) is 6.10 Å². The van der Waals surface area contributed by atoms with E-state index in [4.69, 9.17) is 16.3 Å². The van der Waals surface area contributed by atoms with Crippen LogP contribution >= 0.6 is 11.6 Å². The molecule has 1 aromatic heterocycles. The summed E-state index contributed by atoms with van der Waals surface area (Å²) in [6.45, 7) is 2.14. The number of carboxylic acids is 1. The minimum atomic E-state index is -1.02. The van der Waals surface area contributed by atoms with Crippen molar-refractivity contribution in [3.05, 3.63) is 71.2 Å². The first-order valence-corrected chi connectivity index (χ1v) is 10.4. The van der Waals surface area contributed by atoms with Crippen molar-refractivity contribution in [1.82, 2.24) is 9.88 Å². The van der Waals surface area contributed by atoms with Gasteiger partial charge in [-0.2, -0.15) is 0 Å². The molecule has 0 radical (unpaired) electrons. The van der Waals surface area contributed by atoms with Crippen molar-refractivity contribution >= 4 is 34.4 Å². The molecule has 3 aromatic rings. The zero-order valence-electron chi connectivity index (χ0n) is 17.2. The summed E-state index contributed by atoms with van der Waals surface area (Å²) >= 11 is 6.24. The largest absolute Gasteiger partial charge is 0.481 e. The summed E-state index contributed by atoms with van der Waals surface area (Å²) in [4.78, 5) is 29.8. The van der Waals surface area contributed by atoms with Gasteiger partial charge >= 0.3 is 5.97 Å². The van der Waals surface area contributed by atoms with E-state index in [0.29, 0.717) is 34.8 Å². The number of ether oxygens (including phenoxy) is 1. The Labute approximate surface area is 188 Å². The lowest BCUT2D eigenvalue weighted by Crippen LogP contribution is -2.44. The third-order valence-corrected chi connectivity index (χ3v) is 5.65. The molecule has 1 unspecified atom stereocenters. The van der Waals surface area contributed by atoms with Crippen LogP contribution in [0.25, 0.3) is 22.0 Å². The maximum atomic E-state index is 13.4. The molecule has 0 spiro atoms. The standard InChI is InChI=1S/C24H20ClFN2O4/c1-14(23(29)28-10-2-3-15(13-28)24(30)31)32-17-5-7-20-18(8-9-27-22(20)12-17)19-6-4-16(26)11-21(19)25/h3-9,11-12,14H,2,10,13H2,1H3,(H,30,31). The maximum absolute atomic E-state index is 13.4. The number of hydrogen-bond acceptors (Lipinski definition) is 4. The van der Waals surface area contributed by atoms with E-state index >= 15 is 0 Å². The average Bonchev–Trinajstić information content (AvgIpc) is 2.78. The molecule has 1 N–H and O–H groups in total. The minimum absolute atomic E-state index is 0.0585. The molecule has 4 rings (SSSR count). The summed E-state index contributed by atoms with van der Waals surface area (Å²) in [6, 6.07) is 11.3. The van der Waals surface area contributed by atoms with Crippen molar-refractivity contribution in [1.29, 1.82) is 0 Å². The van der Waals surface area contributed by atoms with Crippen LogP contribution in [-0.4, -0.2) is 46.1 Å². The lowest BCUT2D eigenvalue weighted by Gasteiger charge is -2.28. The number of carbonyl (C=O) groups is 2. The summed E-state index contributed by atoms with van der Waals surface area (Å²) in [5, 5.41) is 10.3. The summed E-state index contributed by atoms with van der Waals surface area (Å²) < 4.78 is 19.3. The highest BCUT2D eigenvalue weighted by Gasteiger charge is 2.26. The highest BCUT2D eigenvalue weighted by atomic mass is 35.5. The van der Waals surface area contributed by atoms with E-state index in [2.05, 4.69) is 4.98 Å². The fourth-order valence-corrected chi connectivity index (χ4v) is 4.01. The molecule has 0 saturated carbocycles. The Balaban J connectivity index is 1.55. The first kappa shape index (κ1) is 21.8. The second-order valence-corrected chi connectivity index (χ2v) is 7.91. The predicted octanol–water partition coefficient (Wildman–Crippen LogP) is 4.70. The van der Waals surface area contributed by atoms with Gasteiger partial charge in [-0.25, -0.2) is 9.18 Å². The van der Waals surface area contributed by atoms with E-state index in [0.717, 1.165) is 10.9 Å². The van der Waals surface area contributed by atoms with E-state index in [-0.39, 0.29) is 18.0 Å². The molecule has 0 saturated heterocycles. The molecule has 1 aliphatic rings. The lowest BCUT2D eigenvalue weighted by molar-refractivity contribution is -0.138. The number of carboxylic acid groups (broad SMARTS) is 1. The summed E-state index contributed by atoms with van der Waals surface area (Å²) in [5.74, 6) is -1.25. The number of halogens is 2. The second kappa shape index (κ2) is 8.96. The smallest absolute Gasteiger partial charge is 0.333 e. The van der Waals surface area contributed by atoms with Gasteiger partial charge in [-0.15, -0.1) is 0 Å². The Bertz CT molecular complexity index is 1240. The van der Waals surface area contributed by atoms with Gasteiger partial charge in [-0.3, -0.25) is 9.78 Å². The van der Waals surface area contributed by atoms with E-state index in [1.807, 2.05) is 6.07 Å². The van der Waals surface area contributed by atoms with Crippen LogP contribution in [0.15, 0.2) is 60.3 Å². The Morgan fingerprint density at radius 2 is 2.00 bits per heavy atom. The molecular weight excluding hydrogens is 435 g/mol. The SMILES string of the molecule is CC(Oc1ccc2c(-c3ccc(F)cc3Cl)ccnc2c1)C(=O)N1CCC=C(C(=O)O)C1. The number of nitrogens with zero attached hydrogens (tertiary/aromatic N) is 2. The molecule has 0 fully saturated rings. The number of amides is 1. The molecule has 1 aliphatic heterocycles. The monoisotopic (exact) mass is 454 g/mol. The topological polar surface area (TPSA) is 79.7 Å². The zero-order chi connectivity index (χ0) is 22.8. The third-order valence-electron chi connectivity index (χ3n) is 5.33. The highest BCUT2D eigenvalue weighted by molar-refractivity contribution is 6.33. The van der Waals surface area contributed by atoms with Crippen molar-refractivity contribution in [3.63, 3.8) is 0 Å². The van der Waals surface area contributed by atoms with Crippen LogP contribution in [0.1, 0.15) is 13.3 Å². The van der Waals surface area contributed by atoms with Gasteiger partial charge in [-0.1, -0.05) is 17.7 Å². The van der Waals surface area contributed by atoms with E-state index in [9.17, 15) is 19.1 Å². The van der Waals surface area contributed by atoms with Gasteiger partial charge < -0.3 is 14.7 Å². The number of benzene rings is 2. The highest BCUT2D eigenvalue weighted by Crippen LogP contribution is 2.34. The first-order valence-electron chi connectivity index (χ1n) is 10.1. The Hall–Kier alpha value is -3.45. The second-order valence-electron chi connectivity index (χ2n) is 7.50. The lowest BCUT2D eigenvalue weighted by atomic mass is 10.0. The van der Waals surface area contributed by atoms with Gasteiger partial charge in [-0.05, 0) is 55.3 Å². The molecule has 2 heterocycles. The maximum Gasteiger partial charge on any atom is 0.333 e. The van der Waals surface area contributed by atoms with Crippen molar-refractivity contribution in [2.75, 3.05) is 13.1 Å². The summed E-state index contributed by atoms with van der Waals surface area (Å²) in [6.07, 6.45) is 2.96. The fraction of sp³-hybridized carbons (Fsp3) is 0.208. The molecule has 8 heteroatoms. The molecule has 32 heavy (non-hydrogen) atoms. The zero-order valence-corrected chi connectivity index (χ0v) is 18.0. The van der Waals surface area contributed by atoms with Crippen LogP contribution in [0, 0.1) is 5.82 Å². The summed E-state index contributed by atoms with van der Waals surface area (Å²) in [7, 11) is 0. The predicted molar refractivity (Wildman–Crippen MR) is 119 cm³/mol. The fourth-order valence-electron chi connectivity index (χ4n) is 3.74. The van der Waals surface area contributed by atoms with Gasteiger partial charge in [0.05, 0.1) is 22.7 Å². The van der Waals surface area contributed by atoms with E-state index in [1.54, 1.807) is 43.5 Å². The van der Waals surface area contributed by atoms with Gasteiger partial charge in [0.1, 0.15) is 11.6 Å². The Kier molecular flexibility index (Phi) is 6.10. The number of fused-ring (bicyclic) bond motifs is 1. The van der Waals surface area contributed by atoms with E-state index in [1.165, 1.54) is 17.0 Å². The molecular formula is C24H20ClFN2O4. The van der Waals surface area contributed by atoms with E-state index < -0.39 is 17.9 Å². The summed E-state index contributed by atoms with van der Waals surface area (Å²) in [5.41, 5.74) is 2.33. The quantitative estimate of drug-likeness (QED) is 0.604. The van der Waals surface area contributed by atoms with Crippen LogP contribution in [0.2, 0.25) is 5.02 Å². The van der Waals surface area contributed by atoms with Crippen molar-refractivity contribution in [3.8, 4) is 16.9 Å². The Morgan fingerprint density at radius 3 is 2.75 bits per heavy atom. The number of aromatic nitrogens is 1. The minimum Gasteiger partial charge on any atom is -0.481 e. The van der Waals surface area contributed by atoms with Gasteiger partial charge in [0, 0.05) is 29.8 Å². The van der Waals surface area contributed by atoms with Gasteiger partial charge in [0.25, 0.3) is 5.91 Å². The molecule has 164 valence electrons.